The second-order valence-corrected chi connectivity index (χ2v) is 7.14. The Kier molecular flexibility index (Phi) is 5.61. The first kappa shape index (κ1) is 19.5. The van der Waals surface area contributed by atoms with Gasteiger partial charge in [-0.25, -0.2) is 4.79 Å². The summed E-state index contributed by atoms with van der Waals surface area (Å²) in [4.78, 5) is 12.8. The number of hydrogen-bond donors (Lipinski definition) is 2. The molecule has 0 spiro atoms. The molecule has 3 aromatic carbocycles. The molecule has 0 aliphatic rings. The average Bonchev–Trinajstić information content (AvgIpc) is 2.78. The number of rotatable bonds is 6. The number of aromatic hydroxyl groups is 1. The van der Waals surface area contributed by atoms with Crippen LogP contribution in [0.15, 0.2) is 99.2 Å². The van der Waals surface area contributed by atoms with Gasteiger partial charge < -0.3 is 9.52 Å². The third-order valence-electron chi connectivity index (χ3n) is 5.02. The zero-order chi connectivity index (χ0) is 20.9. The Bertz CT molecular complexity index is 1230. The molecule has 1 atom stereocenters. The first-order valence-corrected chi connectivity index (χ1v) is 9.77. The summed E-state index contributed by atoms with van der Waals surface area (Å²) in [5.41, 5.74) is 5.68. The fourth-order valence-corrected chi connectivity index (χ4v) is 3.54. The van der Waals surface area contributed by atoms with Gasteiger partial charge in [0.25, 0.3) is 0 Å². The monoisotopic (exact) mass is 398 g/mol. The minimum Gasteiger partial charge on any atom is -0.507 e. The Morgan fingerprint density at radius 2 is 1.60 bits per heavy atom. The Balaban J connectivity index is 1.75. The molecule has 0 aliphatic carbocycles. The summed E-state index contributed by atoms with van der Waals surface area (Å²) >= 11 is 0. The van der Waals surface area contributed by atoms with Crippen LogP contribution < -0.4 is 11.1 Å². The van der Waals surface area contributed by atoms with Crippen LogP contribution >= 0.6 is 0 Å². The van der Waals surface area contributed by atoms with Gasteiger partial charge in [0.1, 0.15) is 11.3 Å². The van der Waals surface area contributed by atoms with E-state index < -0.39 is 11.5 Å². The SMILES string of the molecule is C/C(CC(c1ccccc1)c1c(O)c2ccccc2oc1=O)=N\Nc1ccccc1. The van der Waals surface area contributed by atoms with Crippen molar-refractivity contribution >= 4 is 22.4 Å². The smallest absolute Gasteiger partial charge is 0.343 e. The van der Waals surface area contributed by atoms with Crippen LogP contribution in [0.25, 0.3) is 11.0 Å². The fourth-order valence-electron chi connectivity index (χ4n) is 3.54. The summed E-state index contributed by atoms with van der Waals surface area (Å²) in [6.45, 7) is 1.89. The van der Waals surface area contributed by atoms with Gasteiger partial charge in [0.05, 0.1) is 16.6 Å². The predicted octanol–water partition coefficient (Wildman–Crippen LogP) is 5.51. The Morgan fingerprint density at radius 1 is 0.967 bits per heavy atom. The van der Waals surface area contributed by atoms with E-state index in [4.69, 9.17) is 4.42 Å². The Labute approximate surface area is 174 Å². The highest BCUT2D eigenvalue weighted by atomic mass is 16.4. The number of hydrazone groups is 1. The summed E-state index contributed by atoms with van der Waals surface area (Å²) in [5, 5.41) is 15.9. The van der Waals surface area contributed by atoms with Crippen molar-refractivity contribution in [3.05, 3.63) is 106 Å². The van der Waals surface area contributed by atoms with Crippen molar-refractivity contribution in [1.82, 2.24) is 0 Å². The van der Waals surface area contributed by atoms with Crippen molar-refractivity contribution in [3.8, 4) is 5.75 Å². The number of para-hydroxylation sites is 2. The van der Waals surface area contributed by atoms with E-state index in [9.17, 15) is 9.90 Å². The van der Waals surface area contributed by atoms with Crippen molar-refractivity contribution in [2.75, 3.05) is 5.43 Å². The van der Waals surface area contributed by atoms with Gasteiger partial charge in [-0.2, -0.15) is 5.10 Å². The zero-order valence-corrected chi connectivity index (χ0v) is 16.6. The molecule has 0 saturated carbocycles. The standard InChI is InChI=1S/C25H22N2O3/c1-17(26-27-19-12-6-3-7-13-19)16-21(18-10-4-2-5-11-18)23-24(28)20-14-8-9-15-22(20)30-25(23)29/h2-15,21,27-28H,16H2,1H3/b26-17+. The van der Waals surface area contributed by atoms with Crippen molar-refractivity contribution < 1.29 is 9.52 Å². The van der Waals surface area contributed by atoms with E-state index in [-0.39, 0.29) is 11.3 Å². The van der Waals surface area contributed by atoms with Gasteiger partial charge in [-0.3, -0.25) is 5.43 Å². The third-order valence-corrected chi connectivity index (χ3v) is 5.02. The van der Waals surface area contributed by atoms with Crippen molar-refractivity contribution in [1.29, 1.82) is 0 Å². The number of fused-ring (bicyclic) bond motifs is 1. The van der Waals surface area contributed by atoms with Gasteiger partial charge in [0.15, 0.2) is 0 Å². The number of nitrogens with one attached hydrogen (secondary N) is 1. The number of nitrogens with zero attached hydrogens (tertiary/aromatic N) is 1. The molecular formula is C25H22N2O3. The largest absolute Gasteiger partial charge is 0.507 e. The molecule has 4 rings (SSSR count). The second kappa shape index (κ2) is 8.66. The topological polar surface area (TPSA) is 74.8 Å². The minimum absolute atomic E-state index is 0.0421. The maximum atomic E-state index is 12.8. The van der Waals surface area contributed by atoms with E-state index in [0.29, 0.717) is 17.4 Å². The minimum atomic E-state index is -0.538. The van der Waals surface area contributed by atoms with Gasteiger partial charge in [-0.1, -0.05) is 60.7 Å². The molecule has 0 radical (unpaired) electrons. The number of anilines is 1. The van der Waals surface area contributed by atoms with Crippen LogP contribution in [-0.2, 0) is 0 Å². The van der Waals surface area contributed by atoms with Gasteiger partial charge in [-0.05, 0) is 43.2 Å². The van der Waals surface area contributed by atoms with E-state index in [1.165, 1.54) is 0 Å². The van der Waals surface area contributed by atoms with Crippen molar-refractivity contribution in [3.63, 3.8) is 0 Å². The lowest BCUT2D eigenvalue weighted by Gasteiger charge is -2.18. The van der Waals surface area contributed by atoms with Crippen LogP contribution in [0.1, 0.15) is 30.4 Å². The highest BCUT2D eigenvalue weighted by Crippen LogP contribution is 2.36. The highest BCUT2D eigenvalue weighted by Gasteiger charge is 2.25. The third kappa shape index (κ3) is 4.10. The molecule has 5 heteroatoms. The number of hydrogen-bond acceptors (Lipinski definition) is 5. The molecule has 1 heterocycles. The van der Waals surface area contributed by atoms with Crippen LogP contribution in [0.4, 0.5) is 5.69 Å². The van der Waals surface area contributed by atoms with E-state index >= 15 is 0 Å². The molecule has 4 aromatic rings. The van der Waals surface area contributed by atoms with Crippen LogP contribution in [0, 0.1) is 0 Å². The summed E-state index contributed by atoms with van der Waals surface area (Å²) in [5.74, 6) is -0.437. The quantitative estimate of drug-likeness (QED) is 0.255. The molecule has 30 heavy (non-hydrogen) atoms. The molecule has 150 valence electrons. The summed E-state index contributed by atoms with van der Waals surface area (Å²) in [6, 6.07) is 26.3. The zero-order valence-electron chi connectivity index (χ0n) is 16.6. The summed E-state index contributed by atoms with van der Waals surface area (Å²) < 4.78 is 5.52. The second-order valence-electron chi connectivity index (χ2n) is 7.14. The predicted molar refractivity (Wildman–Crippen MR) is 120 cm³/mol. The Morgan fingerprint density at radius 3 is 2.33 bits per heavy atom. The maximum absolute atomic E-state index is 12.8. The molecule has 2 N–H and O–H groups in total. The van der Waals surface area contributed by atoms with Gasteiger partial charge >= 0.3 is 5.63 Å². The van der Waals surface area contributed by atoms with E-state index in [2.05, 4.69) is 10.5 Å². The molecule has 0 fully saturated rings. The lowest BCUT2D eigenvalue weighted by atomic mass is 9.87. The first-order chi connectivity index (χ1) is 14.6. The average molecular weight is 398 g/mol. The van der Waals surface area contributed by atoms with Crippen LogP contribution in [0.5, 0.6) is 5.75 Å². The van der Waals surface area contributed by atoms with Crippen molar-refractivity contribution in [2.24, 2.45) is 5.10 Å². The Hall–Kier alpha value is -3.86. The first-order valence-electron chi connectivity index (χ1n) is 9.77. The van der Waals surface area contributed by atoms with Crippen LogP contribution in [0.3, 0.4) is 0 Å². The lowest BCUT2D eigenvalue weighted by Crippen LogP contribution is -2.17. The van der Waals surface area contributed by atoms with Gasteiger partial charge in [0.2, 0.25) is 0 Å². The van der Waals surface area contributed by atoms with Gasteiger partial charge in [-0.15, -0.1) is 0 Å². The molecule has 0 amide bonds. The summed E-state index contributed by atoms with van der Waals surface area (Å²) in [6.07, 6.45) is 0.445. The molecule has 1 unspecified atom stereocenters. The molecule has 5 nitrogen and oxygen atoms in total. The normalized spacial score (nSPS) is 12.6. The lowest BCUT2D eigenvalue weighted by molar-refractivity contribution is 0.452. The van der Waals surface area contributed by atoms with Crippen molar-refractivity contribution in [2.45, 2.75) is 19.3 Å². The fraction of sp³-hybridized carbons (Fsp3) is 0.120. The number of benzene rings is 3. The highest BCUT2D eigenvalue weighted by molar-refractivity contribution is 5.86. The maximum Gasteiger partial charge on any atom is 0.343 e. The molecule has 0 saturated heterocycles. The van der Waals surface area contributed by atoms with E-state index in [1.807, 2.05) is 67.6 Å². The van der Waals surface area contributed by atoms with Gasteiger partial charge in [0, 0.05) is 11.6 Å². The van der Waals surface area contributed by atoms with Crippen LogP contribution in [-0.4, -0.2) is 10.8 Å². The van der Waals surface area contributed by atoms with E-state index in [0.717, 1.165) is 17.0 Å². The summed E-state index contributed by atoms with van der Waals surface area (Å²) in [7, 11) is 0. The molecule has 0 bridgehead atoms. The molecule has 1 aromatic heterocycles. The van der Waals surface area contributed by atoms with E-state index in [1.54, 1.807) is 24.3 Å². The molecular weight excluding hydrogens is 376 g/mol. The molecule has 0 aliphatic heterocycles. The van der Waals surface area contributed by atoms with Crippen LogP contribution in [0.2, 0.25) is 0 Å².